The van der Waals surface area contributed by atoms with E-state index in [0.717, 1.165) is 0 Å². The minimum Gasteiger partial charge on any atom is -0.507 e. The highest BCUT2D eigenvalue weighted by molar-refractivity contribution is 6.52. The molecule has 1 saturated heterocycles. The van der Waals surface area contributed by atoms with Crippen LogP contribution in [-0.4, -0.2) is 37.6 Å². The van der Waals surface area contributed by atoms with Gasteiger partial charge >= 0.3 is 0 Å². The fourth-order valence-electron chi connectivity index (χ4n) is 4.17. The normalized spacial score (nSPS) is 16.8. The van der Waals surface area contributed by atoms with E-state index in [1.54, 1.807) is 48.5 Å². The van der Waals surface area contributed by atoms with Gasteiger partial charge in [-0.15, -0.1) is 0 Å². The lowest BCUT2D eigenvalue weighted by Crippen LogP contribution is -2.29. The van der Waals surface area contributed by atoms with Crippen molar-refractivity contribution in [1.29, 1.82) is 0 Å². The number of hydrogen-bond donors (Lipinski definition) is 1. The van der Waals surface area contributed by atoms with Crippen molar-refractivity contribution in [3.63, 3.8) is 0 Å². The van der Waals surface area contributed by atoms with Gasteiger partial charge in [-0.25, -0.2) is 0 Å². The molecule has 1 aliphatic heterocycles. The molecule has 3 aromatic carbocycles. The van der Waals surface area contributed by atoms with Crippen molar-refractivity contribution >= 4 is 46.3 Å². The second kappa shape index (κ2) is 10.5. The van der Waals surface area contributed by atoms with Gasteiger partial charge in [-0.3, -0.25) is 14.5 Å². The molecular weight excluding hydrogens is 505 g/mol. The van der Waals surface area contributed by atoms with E-state index >= 15 is 0 Å². The Kier molecular flexibility index (Phi) is 7.43. The van der Waals surface area contributed by atoms with Gasteiger partial charge in [0.1, 0.15) is 23.0 Å². The number of hydrogen-bond acceptors (Lipinski definition) is 6. The zero-order valence-corrected chi connectivity index (χ0v) is 21.3. The molecule has 1 N–H and O–H groups in total. The first-order chi connectivity index (χ1) is 17.3. The van der Waals surface area contributed by atoms with Gasteiger partial charge in [0, 0.05) is 16.8 Å². The summed E-state index contributed by atoms with van der Waals surface area (Å²) >= 11 is 12.4. The molecule has 4 rings (SSSR count). The van der Waals surface area contributed by atoms with Gasteiger partial charge in [-0.2, -0.15) is 0 Å². The lowest BCUT2D eigenvalue weighted by Gasteiger charge is -2.26. The van der Waals surface area contributed by atoms with E-state index in [1.165, 1.54) is 31.3 Å². The van der Waals surface area contributed by atoms with Gasteiger partial charge in [0.25, 0.3) is 11.7 Å². The standard InChI is InChI=1S/C27H23Cl2NO6/c1-4-36-18-10-5-7-15(11-18)24-23(25(31)19-13-22(35-3)20(29)14-21(19)34-2)26(32)27(33)30(24)17-9-6-8-16(28)12-17/h5-14,24,31H,4H2,1-3H3/b25-23+. The molecule has 36 heavy (non-hydrogen) atoms. The van der Waals surface area contributed by atoms with Crippen molar-refractivity contribution in [3.05, 3.63) is 87.4 Å². The Balaban J connectivity index is 2.00. The lowest BCUT2D eigenvalue weighted by atomic mass is 9.94. The molecule has 7 nitrogen and oxygen atoms in total. The Labute approximate surface area is 218 Å². The first-order valence-electron chi connectivity index (χ1n) is 11.0. The molecule has 1 unspecified atom stereocenters. The molecule has 0 spiro atoms. The molecule has 9 heteroatoms. The Morgan fingerprint density at radius 3 is 2.36 bits per heavy atom. The van der Waals surface area contributed by atoms with E-state index < -0.39 is 23.5 Å². The number of carbonyl (C=O) groups excluding carboxylic acids is 2. The van der Waals surface area contributed by atoms with Gasteiger partial charge in [0.2, 0.25) is 0 Å². The van der Waals surface area contributed by atoms with Crippen LogP contribution in [0.2, 0.25) is 10.0 Å². The summed E-state index contributed by atoms with van der Waals surface area (Å²) in [6.07, 6.45) is 0. The number of aliphatic hydroxyl groups is 1. The van der Waals surface area contributed by atoms with Crippen LogP contribution in [0.1, 0.15) is 24.1 Å². The van der Waals surface area contributed by atoms with Gasteiger partial charge in [-0.05, 0) is 48.9 Å². The summed E-state index contributed by atoms with van der Waals surface area (Å²) in [7, 11) is 2.83. The van der Waals surface area contributed by atoms with E-state index in [4.69, 9.17) is 37.4 Å². The number of nitrogens with zero attached hydrogens (tertiary/aromatic N) is 1. The van der Waals surface area contributed by atoms with Crippen LogP contribution in [0.25, 0.3) is 5.76 Å². The third-order valence-corrected chi connectivity index (χ3v) is 6.28. The number of ketones is 1. The minimum absolute atomic E-state index is 0.128. The average molecular weight is 528 g/mol. The van der Waals surface area contributed by atoms with Crippen molar-refractivity contribution in [2.45, 2.75) is 13.0 Å². The quantitative estimate of drug-likeness (QED) is 0.229. The monoisotopic (exact) mass is 527 g/mol. The maximum atomic E-state index is 13.4. The van der Waals surface area contributed by atoms with Crippen LogP contribution in [-0.2, 0) is 9.59 Å². The largest absolute Gasteiger partial charge is 0.507 e. The molecule has 1 atom stereocenters. The minimum atomic E-state index is -0.977. The Morgan fingerprint density at radius 2 is 1.69 bits per heavy atom. The van der Waals surface area contributed by atoms with E-state index in [-0.39, 0.29) is 27.7 Å². The summed E-state index contributed by atoms with van der Waals surface area (Å²) in [5.41, 5.74) is 0.975. The summed E-state index contributed by atoms with van der Waals surface area (Å²) in [6, 6.07) is 15.5. The van der Waals surface area contributed by atoms with Crippen LogP contribution in [0, 0.1) is 0 Å². The van der Waals surface area contributed by atoms with Gasteiger partial charge in [0.15, 0.2) is 0 Å². The number of halogens is 2. The van der Waals surface area contributed by atoms with Crippen molar-refractivity contribution in [1.82, 2.24) is 0 Å². The molecule has 0 radical (unpaired) electrons. The smallest absolute Gasteiger partial charge is 0.300 e. The molecule has 0 aromatic heterocycles. The molecule has 186 valence electrons. The Morgan fingerprint density at radius 1 is 0.972 bits per heavy atom. The van der Waals surface area contributed by atoms with Gasteiger partial charge < -0.3 is 19.3 Å². The number of aliphatic hydroxyl groups excluding tert-OH is 1. The number of rotatable bonds is 7. The highest BCUT2D eigenvalue weighted by Gasteiger charge is 2.47. The number of Topliss-reactive ketones (excluding diaryl/α,β-unsaturated/α-hetero) is 1. The van der Waals surface area contributed by atoms with E-state index in [9.17, 15) is 14.7 Å². The Hall–Kier alpha value is -3.68. The van der Waals surface area contributed by atoms with Crippen molar-refractivity contribution < 1.29 is 28.9 Å². The molecule has 0 aliphatic carbocycles. The predicted molar refractivity (Wildman–Crippen MR) is 138 cm³/mol. The molecule has 0 saturated carbocycles. The summed E-state index contributed by atoms with van der Waals surface area (Å²) in [5, 5.41) is 12.1. The molecule has 1 amide bonds. The van der Waals surface area contributed by atoms with Crippen molar-refractivity contribution in [3.8, 4) is 17.2 Å². The van der Waals surface area contributed by atoms with Crippen LogP contribution in [0.15, 0.2) is 66.2 Å². The molecular formula is C27H23Cl2NO6. The number of ether oxygens (including phenoxy) is 3. The molecule has 1 fully saturated rings. The summed E-state index contributed by atoms with van der Waals surface area (Å²) < 4.78 is 16.3. The third-order valence-electron chi connectivity index (χ3n) is 5.74. The van der Waals surface area contributed by atoms with Crippen LogP contribution >= 0.6 is 23.2 Å². The van der Waals surface area contributed by atoms with Gasteiger partial charge in [-0.1, -0.05) is 41.4 Å². The first kappa shape index (κ1) is 25.4. The summed E-state index contributed by atoms with van der Waals surface area (Å²) in [6.45, 7) is 2.28. The molecule has 1 aliphatic rings. The van der Waals surface area contributed by atoms with Crippen LogP contribution in [0.4, 0.5) is 5.69 Å². The SMILES string of the molecule is CCOc1cccc(C2/C(=C(\O)c3cc(OC)c(Cl)cc3OC)C(=O)C(=O)N2c2cccc(Cl)c2)c1. The van der Waals surface area contributed by atoms with Crippen LogP contribution in [0.5, 0.6) is 17.2 Å². The first-order valence-corrected chi connectivity index (χ1v) is 11.8. The number of methoxy groups -OCH3 is 2. The highest BCUT2D eigenvalue weighted by Crippen LogP contribution is 2.45. The van der Waals surface area contributed by atoms with Gasteiger partial charge in [0.05, 0.1) is 43.0 Å². The third kappa shape index (κ3) is 4.59. The van der Waals surface area contributed by atoms with E-state index in [1.807, 2.05) is 6.92 Å². The highest BCUT2D eigenvalue weighted by atomic mass is 35.5. The zero-order valence-electron chi connectivity index (χ0n) is 19.7. The van der Waals surface area contributed by atoms with Crippen molar-refractivity contribution in [2.75, 3.05) is 25.7 Å². The maximum absolute atomic E-state index is 13.4. The fraction of sp³-hybridized carbons (Fsp3) is 0.185. The lowest BCUT2D eigenvalue weighted by molar-refractivity contribution is -0.132. The fourth-order valence-corrected chi connectivity index (χ4v) is 4.59. The molecule has 3 aromatic rings. The topological polar surface area (TPSA) is 85.3 Å². The molecule has 0 bridgehead atoms. The maximum Gasteiger partial charge on any atom is 0.300 e. The molecule has 1 heterocycles. The number of anilines is 1. The van der Waals surface area contributed by atoms with Crippen LogP contribution in [0.3, 0.4) is 0 Å². The van der Waals surface area contributed by atoms with Crippen molar-refractivity contribution in [2.24, 2.45) is 0 Å². The number of benzene rings is 3. The predicted octanol–water partition coefficient (Wildman–Crippen LogP) is 6.04. The second-order valence-electron chi connectivity index (χ2n) is 7.84. The summed E-state index contributed by atoms with van der Waals surface area (Å²) in [5.74, 6) is -1.10. The Bertz CT molecular complexity index is 1370. The van der Waals surface area contributed by atoms with E-state index in [0.29, 0.717) is 28.6 Å². The number of amides is 1. The second-order valence-corrected chi connectivity index (χ2v) is 8.69. The number of carbonyl (C=O) groups is 2. The summed E-state index contributed by atoms with van der Waals surface area (Å²) in [4.78, 5) is 28.1. The van der Waals surface area contributed by atoms with E-state index in [2.05, 4.69) is 0 Å². The zero-order chi connectivity index (χ0) is 26.0. The average Bonchev–Trinajstić information content (AvgIpc) is 3.14. The van der Waals surface area contributed by atoms with Crippen LogP contribution < -0.4 is 19.1 Å².